The van der Waals surface area contributed by atoms with Crippen LogP contribution in [0.4, 0.5) is 4.39 Å². The first-order chi connectivity index (χ1) is 18.4. The number of hydrogen-bond acceptors (Lipinski definition) is 9. The van der Waals surface area contributed by atoms with Gasteiger partial charge in [0.1, 0.15) is 28.7 Å². The van der Waals surface area contributed by atoms with Crippen molar-refractivity contribution >= 4 is 17.5 Å². The Hall–Kier alpha value is -3.28. The minimum atomic E-state index is -2.73. The number of phenolic OH excluding ortho intramolecular Hbond substituents is 1. The second-order valence-electron chi connectivity index (χ2n) is 12.3. The molecule has 0 aliphatic heterocycles. The molecular weight excluding hydrogens is 521 g/mol. The number of likely N-dealkylation sites (N-methyl/N-ethyl adjacent to an activating group) is 1. The van der Waals surface area contributed by atoms with Gasteiger partial charge in [0.25, 0.3) is 5.91 Å². The number of halogens is 1. The van der Waals surface area contributed by atoms with Gasteiger partial charge < -0.3 is 26.2 Å². The van der Waals surface area contributed by atoms with Gasteiger partial charge in [-0.1, -0.05) is 13.8 Å². The van der Waals surface area contributed by atoms with Gasteiger partial charge in [0.05, 0.1) is 11.6 Å². The molecule has 40 heavy (non-hydrogen) atoms. The summed E-state index contributed by atoms with van der Waals surface area (Å²) in [5.41, 5.74) is 0.971. The Labute approximate surface area is 232 Å². The van der Waals surface area contributed by atoms with E-state index in [1.165, 1.54) is 11.0 Å². The van der Waals surface area contributed by atoms with Crippen molar-refractivity contribution in [3.05, 3.63) is 51.2 Å². The van der Waals surface area contributed by atoms with Crippen molar-refractivity contribution in [2.24, 2.45) is 23.5 Å². The van der Waals surface area contributed by atoms with Crippen molar-refractivity contribution < 1.29 is 39.2 Å². The van der Waals surface area contributed by atoms with E-state index < -0.39 is 69.6 Å². The van der Waals surface area contributed by atoms with Gasteiger partial charge in [0.2, 0.25) is 5.78 Å². The van der Waals surface area contributed by atoms with Crippen molar-refractivity contribution in [3.8, 4) is 5.75 Å². The molecule has 3 aliphatic rings. The average Bonchev–Trinajstić information content (AvgIpc) is 2.83. The van der Waals surface area contributed by atoms with Crippen LogP contribution in [0.3, 0.4) is 0 Å². The second kappa shape index (κ2) is 9.67. The molecule has 0 spiro atoms. The predicted octanol–water partition coefficient (Wildman–Crippen LogP) is 2.13. The molecule has 0 fully saturated rings. The highest BCUT2D eigenvalue weighted by Gasteiger charge is 2.63. The lowest BCUT2D eigenvalue weighted by molar-refractivity contribution is -0.148. The summed E-state index contributed by atoms with van der Waals surface area (Å²) >= 11 is 0. The topological polar surface area (TPSA) is 165 Å². The van der Waals surface area contributed by atoms with Gasteiger partial charge in [-0.05, 0) is 65.7 Å². The molecule has 0 saturated heterocycles. The molecule has 4 rings (SSSR count). The van der Waals surface area contributed by atoms with Crippen molar-refractivity contribution in [2.75, 3.05) is 21.1 Å². The lowest BCUT2D eigenvalue weighted by Crippen LogP contribution is -2.63. The quantitative estimate of drug-likeness (QED) is 0.328. The van der Waals surface area contributed by atoms with Crippen LogP contribution in [0.1, 0.15) is 55.6 Å². The van der Waals surface area contributed by atoms with E-state index in [1.807, 2.05) is 25.8 Å². The van der Waals surface area contributed by atoms with Gasteiger partial charge in [-0.25, -0.2) is 4.39 Å². The van der Waals surface area contributed by atoms with Crippen molar-refractivity contribution in [1.82, 2.24) is 9.80 Å². The number of primary amides is 1. The van der Waals surface area contributed by atoms with Crippen LogP contribution in [0.5, 0.6) is 5.75 Å². The number of phenols is 1. The maximum Gasteiger partial charge on any atom is 0.255 e. The number of nitrogens with two attached hydrogens (primary N) is 1. The predicted molar refractivity (Wildman–Crippen MR) is 144 cm³/mol. The van der Waals surface area contributed by atoms with E-state index >= 15 is 4.39 Å². The third-order valence-electron chi connectivity index (χ3n) is 9.54. The smallest absolute Gasteiger partial charge is 0.255 e. The van der Waals surface area contributed by atoms with Crippen molar-refractivity contribution in [2.45, 2.75) is 64.3 Å². The summed E-state index contributed by atoms with van der Waals surface area (Å²) in [6.07, 6.45) is -0.199. The van der Waals surface area contributed by atoms with Crippen LogP contribution in [0.25, 0.3) is 0 Å². The zero-order chi connectivity index (χ0) is 30.2. The summed E-state index contributed by atoms with van der Waals surface area (Å²) in [5, 5.41) is 44.7. The number of hydrogen-bond donors (Lipinski definition) is 5. The molecule has 4 atom stereocenters. The minimum absolute atomic E-state index is 0.0103. The first-order valence-electron chi connectivity index (χ1n) is 13.3. The molecular formula is C29H38FN3O7. The van der Waals surface area contributed by atoms with Gasteiger partial charge in [-0.3, -0.25) is 24.2 Å². The van der Waals surface area contributed by atoms with E-state index in [0.717, 1.165) is 0 Å². The van der Waals surface area contributed by atoms with Gasteiger partial charge in [-0.15, -0.1) is 0 Å². The molecule has 10 nitrogen and oxygen atoms in total. The minimum Gasteiger partial charge on any atom is -0.510 e. The van der Waals surface area contributed by atoms with Gasteiger partial charge in [0.15, 0.2) is 11.4 Å². The summed E-state index contributed by atoms with van der Waals surface area (Å²) in [4.78, 5) is 42.5. The summed E-state index contributed by atoms with van der Waals surface area (Å²) < 4.78 is 16.0. The molecule has 0 bridgehead atoms. The lowest BCUT2D eigenvalue weighted by atomic mass is 9.58. The fourth-order valence-electron chi connectivity index (χ4n) is 6.37. The molecule has 1 amide bonds. The number of rotatable bonds is 6. The zero-order valence-electron chi connectivity index (χ0n) is 23.9. The average molecular weight is 560 g/mol. The molecule has 3 aliphatic carbocycles. The number of benzene rings is 1. The number of ketones is 2. The first kappa shape index (κ1) is 29.7. The van der Waals surface area contributed by atoms with Crippen LogP contribution in [0.15, 0.2) is 28.7 Å². The molecule has 0 aromatic heterocycles. The highest BCUT2D eigenvalue weighted by molar-refractivity contribution is 6.24. The first-order valence-corrected chi connectivity index (χ1v) is 13.3. The molecule has 0 heterocycles. The molecule has 1 aromatic rings. The summed E-state index contributed by atoms with van der Waals surface area (Å²) in [5.74, 6) is -8.03. The fraction of sp³-hybridized carbons (Fsp3) is 0.552. The van der Waals surface area contributed by atoms with Gasteiger partial charge in [-0.2, -0.15) is 0 Å². The van der Waals surface area contributed by atoms with Crippen LogP contribution >= 0.6 is 0 Å². The number of Topliss-reactive ketones (excluding diaryl/α,β-unsaturated/α-hetero) is 2. The highest BCUT2D eigenvalue weighted by Crippen LogP contribution is 2.52. The Morgan fingerprint density at radius 3 is 2.33 bits per heavy atom. The fourth-order valence-corrected chi connectivity index (χ4v) is 6.37. The molecule has 6 N–H and O–H groups in total. The zero-order valence-corrected chi connectivity index (χ0v) is 23.9. The van der Waals surface area contributed by atoms with Crippen LogP contribution in [0.2, 0.25) is 0 Å². The summed E-state index contributed by atoms with van der Waals surface area (Å²) in [6.45, 7) is 8.33. The molecule has 0 saturated carbocycles. The SMILES string of the molecule is CC(C)C(C)(C)N(C)Cc1cc(O)c2c(c1F)C[C@H]1C[C@H]3[C@H](N(C)C)C(O)=C(C(N)=O)C(=O)[C@@]3(O)C(O)=C1C2=O. The Morgan fingerprint density at radius 1 is 1.20 bits per heavy atom. The maximum atomic E-state index is 16.0. The molecule has 218 valence electrons. The highest BCUT2D eigenvalue weighted by atomic mass is 19.1. The number of allylic oxidation sites excluding steroid dienone is 1. The Morgan fingerprint density at radius 2 is 1.80 bits per heavy atom. The molecule has 0 unspecified atom stereocenters. The number of amides is 1. The lowest BCUT2D eigenvalue weighted by Gasteiger charge is -2.50. The largest absolute Gasteiger partial charge is 0.510 e. The Kier molecular flexibility index (Phi) is 7.18. The van der Waals surface area contributed by atoms with E-state index in [9.17, 15) is 34.8 Å². The number of carbonyl (C=O) groups is 3. The third-order valence-corrected chi connectivity index (χ3v) is 9.54. The molecule has 11 heteroatoms. The number of fused-ring (bicyclic) bond motifs is 3. The molecule has 1 aromatic carbocycles. The van der Waals surface area contributed by atoms with Crippen LogP contribution in [-0.4, -0.2) is 86.0 Å². The number of aromatic hydroxyl groups is 1. The van der Waals surface area contributed by atoms with Crippen LogP contribution in [0, 0.1) is 23.6 Å². The van der Waals surface area contributed by atoms with Crippen molar-refractivity contribution in [3.63, 3.8) is 0 Å². The summed E-state index contributed by atoms with van der Waals surface area (Å²) in [7, 11) is 4.95. The van der Waals surface area contributed by atoms with Gasteiger partial charge in [0, 0.05) is 34.7 Å². The monoisotopic (exact) mass is 559 g/mol. The van der Waals surface area contributed by atoms with Crippen LogP contribution in [-0.2, 0) is 22.6 Å². The number of nitrogens with zero attached hydrogens (tertiary/aromatic N) is 2. The molecule has 0 radical (unpaired) electrons. The van der Waals surface area contributed by atoms with E-state index in [4.69, 9.17) is 5.73 Å². The van der Waals surface area contributed by atoms with Crippen LogP contribution < -0.4 is 5.73 Å². The van der Waals surface area contributed by atoms with E-state index in [-0.39, 0.29) is 53.1 Å². The second-order valence-corrected chi connectivity index (χ2v) is 12.3. The standard InChI is InChI=1S/C29H38FN3O7/c1-12(2)28(3,4)33(7)11-14-10-17(34)19-15(21(14)30)8-13-9-16-22(32(5)6)24(36)20(27(31)39)26(38)29(16,40)25(37)18(13)23(19)35/h10,12-13,16,22,34,36-37,40H,8-9,11H2,1-7H3,(H2,31,39)/t13-,16-,22-,29-/m0/s1. The number of aliphatic hydroxyl groups is 3. The van der Waals surface area contributed by atoms with Gasteiger partial charge >= 0.3 is 0 Å². The Balaban J connectivity index is 1.86. The van der Waals surface area contributed by atoms with E-state index in [1.54, 1.807) is 14.1 Å². The Bertz CT molecular complexity index is 1380. The van der Waals surface area contributed by atoms with E-state index in [2.05, 4.69) is 13.8 Å². The number of aliphatic hydroxyl groups excluding tert-OH is 2. The number of carbonyl (C=O) groups excluding carboxylic acids is 3. The van der Waals surface area contributed by atoms with Crippen molar-refractivity contribution in [1.29, 1.82) is 0 Å². The van der Waals surface area contributed by atoms with E-state index in [0.29, 0.717) is 0 Å². The maximum absolute atomic E-state index is 16.0. The summed E-state index contributed by atoms with van der Waals surface area (Å²) in [6, 6.07) is 0.0822. The normalized spacial score (nSPS) is 26.9. The third kappa shape index (κ3) is 4.05.